The first kappa shape index (κ1) is 13.5. The first-order valence-electron chi connectivity index (χ1n) is 5.67. The third kappa shape index (κ3) is 4.51. The largest absolute Gasteiger partial charge is 0.396 e. The van der Waals surface area contributed by atoms with Gasteiger partial charge in [0.05, 0.1) is 5.03 Å². The molecule has 0 saturated heterocycles. The summed E-state index contributed by atoms with van der Waals surface area (Å²) in [5.41, 5.74) is 2.45. The highest BCUT2D eigenvalue weighted by Crippen LogP contribution is 2.20. The number of rotatable bonds is 7. The van der Waals surface area contributed by atoms with Gasteiger partial charge in [0.25, 0.3) is 0 Å². The van der Waals surface area contributed by atoms with Gasteiger partial charge < -0.3 is 10.4 Å². The van der Waals surface area contributed by atoms with Gasteiger partial charge in [0.15, 0.2) is 0 Å². The monoisotopic (exact) mass is 240 g/mol. The number of aryl methyl sites for hydroxylation is 1. The van der Waals surface area contributed by atoms with Gasteiger partial charge in [-0.2, -0.15) is 0 Å². The van der Waals surface area contributed by atoms with Crippen molar-refractivity contribution in [3.63, 3.8) is 0 Å². The molecule has 1 rings (SSSR count). The summed E-state index contributed by atoms with van der Waals surface area (Å²) in [4.78, 5) is 4.44. The highest BCUT2D eigenvalue weighted by Gasteiger charge is 2.02. The zero-order chi connectivity index (χ0) is 11.8. The Labute approximate surface area is 102 Å². The van der Waals surface area contributed by atoms with Crippen LogP contribution in [-0.4, -0.2) is 29.0 Å². The molecular formula is C12H20N2OS. The summed E-state index contributed by atoms with van der Waals surface area (Å²) < 4.78 is 0. The SMILES string of the molecule is CCNCc1cnc(SCCCO)c(C)c1. The van der Waals surface area contributed by atoms with Crippen molar-refractivity contribution < 1.29 is 5.11 Å². The second-order valence-electron chi connectivity index (χ2n) is 3.67. The highest BCUT2D eigenvalue weighted by molar-refractivity contribution is 7.99. The van der Waals surface area contributed by atoms with Crippen molar-refractivity contribution in [1.29, 1.82) is 0 Å². The zero-order valence-corrected chi connectivity index (χ0v) is 10.8. The van der Waals surface area contributed by atoms with Gasteiger partial charge >= 0.3 is 0 Å². The van der Waals surface area contributed by atoms with Crippen LogP contribution < -0.4 is 5.32 Å². The summed E-state index contributed by atoms with van der Waals surface area (Å²) in [5.74, 6) is 0.927. The fourth-order valence-electron chi connectivity index (χ4n) is 1.37. The van der Waals surface area contributed by atoms with Gasteiger partial charge in [-0.25, -0.2) is 4.98 Å². The van der Waals surface area contributed by atoms with Crippen LogP contribution in [0.25, 0.3) is 0 Å². The molecule has 1 aromatic rings. The Kier molecular flexibility index (Phi) is 6.45. The van der Waals surface area contributed by atoms with E-state index in [1.54, 1.807) is 11.8 Å². The molecule has 0 aliphatic rings. The smallest absolute Gasteiger partial charge is 0.0989 e. The maximum atomic E-state index is 8.71. The molecular weight excluding hydrogens is 220 g/mol. The Balaban J connectivity index is 2.53. The van der Waals surface area contributed by atoms with Crippen molar-refractivity contribution in [3.05, 3.63) is 23.4 Å². The van der Waals surface area contributed by atoms with Crippen LogP contribution in [-0.2, 0) is 6.54 Å². The van der Waals surface area contributed by atoms with E-state index in [0.717, 1.165) is 30.3 Å². The number of thioether (sulfide) groups is 1. The molecule has 90 valence electrons. The van der Waals surface area contributed by atoms with Crippen LogP contribution in [0.5, 0.6) is 0 Å². The first-order valence-corrected chi connectivity index (χ1v) is 6.66. The average molecular weight is 240 g/mol. The zero-order valence-electron chi connectivity index (χ0n) is 9.99. The molecule has 2 N–H and O–H groups in total. The molecule has 0 unspecified atom stereocenters. The summed E-state index contributed by atoms with van der Waals surface area (Å²) in [6, 6.07) is 2.18. The predicted octanol–water partition coefficient (Wildman–Crippen LogP) is 1.97. The molecule has 4 heteroatoms. The van der Waals surface area contributed by atoms with E-state index < -0.39 is 0 Å². The molecule has 0 aromatic carbocycles. The summed E-state index contributed by atoms with van der Waals surface area (Å²) in [5, 5.41) is 13.1. The van der Waals surface area contributed by atoms with Crippen LogP contribution in [0.15, 0.2) is 17.3 Å². The van der Waals surface area contributed by atoms with Crippen LogP contribution in [0.2, 0.25) is 0 Å². The number of aliphatic hydroxyl groups is 1. The molecule has 0 spiro atoms. The Morgan fingerprint density at radius 1 is 1.50 bits per heavy atom. The normalized spacial score (nSPS) is 10.7. The lowest BCUT2D eigenvalue weighted by atomic mass is 10.2. The summed E-state index contributed by atoms with van der Waals surface area (Å²) >= 11 is 1.71. The average Bonchev–Trinajstić information content (AvgIpc) is 2.29. The Morgan fingerprint density at radius 3 is 2.94 bits per heavy atom. The lowest BCUT2D eigenvalue weighted by Crippen LogP contribution is -2.12. The van der Waals surface area contributed by atoms with Crippen molar-refractivity contribution in [3.8, 4) is 0 Å². The van der Waals surface area contributed by atoms with Crippen molar-refractivity contribution in [2.24, 2.45) is 0 Å². The second kappa shape index (κ2) is 7.65. The number of pyridine rings is 1. The number of aliphatic hydroxyl groups excluding tert-OH is 1. The molecule has 0 aliphatic carbocycles. The molecule has 0 bridgehead atoms. The second-order valence-corrected chi connectivity index (χ2v) is 4.76. The fraction of sp³-hybridized carbons (Fsp3) is 0.583. The topological polar surface area (TPSA) is 45.2 Å². The molecule has 16 heavy (non-hydrogen) atoms. The molecule has 0 atom stereocenters. The van der Waals surface area contributed by atoms with Gasteiger partial charge in [-0.3, -0.25) is 0 Å². The standard InChI is InChI=1S/C12H20N2OS/c1-3-13-8-11-7-10(2)12(14-9-11)16-6-4-5-15/h7,9,13,15H,3-6,8H2,1-2H3. The molecule has 0 aliphatic heterocycles. The Morgan fingerprint density at radius 2 is 2.31 bits per heavy atom. The molecule has 0 radical (unpaired) electrons. The quantitative estimate of drug-likeness (QED) is 0.565. The molecule has 0 amide bonds. The van der Waals surface area contributed by atoms with Gasteiger partial charge in [-0.05, 0) is 31.0 Å². The predicted molar refractivity (Wildman–Crippen MR) is 68.8 cm³/mol. The Hall–Kier alpha value is -0.580. The molecule has 1 heterocycles. The van der Waals surface area contributed by atoms with E-state index >= 15 is 0 Å². The Bertz CT molecular complexity index is 318. The minimum absolute atomic E-state index is 0.255. The minimum atomic E-state index is 0.255. The van der Waals surface area contributed by atoms with E-state index in [0.29, 0.717) is 0 Å². The lowest BCUT2D eigenvalue weighted by molar-refractivity contribution is 0.296. The van der Waals surface area contributed by atoms with Gasteiger partial charge in [-0.1, -0.05) is 13.0 Å². The maximum absolute atomic E-state index is 8.71. The van der Waals surface area contributed by atoms with Crippen molar-refractivity contribution in [1.82, 2.24) is 10.3 Å². The van der Waals surface area contributed by atoms with E-state index in [-0.39, 0.29) is 6.61 Å². The number of nitrogens with one attached hydrogen (secondary N) is 1. The molecule has 0 fully saturated rings. The number of hydrogen-bond acceptors (Lipinski definition) is 4. The molecule has 3 nitrogen and oxygen atoms in total. The van der Waals surface area contributed by atoms with Gasteiger partial charge in [-0.15, -0.1) is 11.8 Å². The number of hydrogen-bond donors (Lipinski definition) is 2. The van der Waals surface area contributed by atoms with E-state index in [1.807, 2.05) is 6.20 Å². The third-order valence-electron chi connectivity index (χ3n) is 2.21. The third-order valence-corrected chi connectivity index (χ3v) is 3.40. The van der Waals surface area contributed by atoms with Crippen LogP contribution in [0.4, 0.5) is 0 Å². The van der Waals surface area contributed by atoms with Crippen LogP contribution in [0.3, 0.4) is 0 Å². The van der Waals surface area contributed by atoms with E-state index in [4.69, 9.17) is 5.11 Å². The molecule has 1 aromatic heterocycles. The van der Waals surface area contributed by atoms with Gasteiger partial charge in [0, 0.05) is 25.1 Å². The van der Waals surface area contributed by atoms with E-state index in [2.05, 4.69) is 30.2 Å². The fourth-order valence-corrected chi connectivity index (χ4v) is 2.25. The minimum Gasteiger partial charge on any atom is -0.396 e. The van der Waals surface area contributed by atoms with Crippen molar-refractivity contribution in [2.75, 3.05) is 18.9 Å². The van der Waals surface area contributed by atoms with Crippen molar-refractivity contribution >= 4 is 11.8 Å². The number of nitrogens with zero attached hydrogens (tertiary/aromatic N) is 1. The van der Waals surface area contributed by atoms with Crippen LogP contribution in [0, 0.1) is 6.92 Å². The van der Waals surface area contributed by atoms with Crippen LogP contribution in [0.1, 0.15) is 24.5 Å². The number of aromatic nitrogens is 1. The summed E-state index contributed by atoms with van der Waals surface area (Å²) in [7, 11) is 0. The maximum Gasteiger partial charge on any atom is 0.0989 e. The van der Waals surface area contributed by atoms with Crippen LogP contribution >= 0.6 is 11.8 Å². The van der Waals surface area contributed by atoms with Gasteiger partial charge in [0.1, 0.15) is 0 Å². The first-order chi connectivity index (χ1) is 7.77. The highest BCUT2D eigenvalue weighted by atomic mass is 32.2. The summed E-state index contributed by atoms with van der Waals surface area (Å²) in [6.07, 6.45) is 2.75. The molecule has 0 saturated carbocycles. The van der Waals surface area contributed by atoms with E-state index in [1.165, 1.54) is 11.1 Å². The summed E-state index contributed by atoms with van der Waals surface area (Å²) in [6.45, 7) is 6.30. The van der Waals surface area contributed by atoms with Crippen molar-refractivity contribution in [2.45, 2.75) is 31.8 Å². The van der Waals surface area contributed by atoms with Gasteiger partial charge in [0.2, 0.25) is 0 Å². The lowest BCUT2D eigenvalue weighted by Gasteiger charge is -2.07. The van der Waals surface area contributed by atoms with E-state index in [9.17, 15) is 0 Å².